The fraction of sp³-hybridized carbons (Fsp3) is 1.00. The van der Waals surface area contributed by atoms with Crippen molar-refractivity contribution >= 4 is 0 Å². The molecular formula is C9H20N2O. The average Bonchev–Trinajstić information content (AvgIpc) is 2.07. The quantitative estimate of drug-likeness (QED) is 0.671. The van der Waals surface area contributed by atoms with Crippen molar-refractivity contribution in [3.63, 3.8) is 0 Å². The van der Waals surface area contributed by atoms with Gasteiger partial charge in [0, 0.05) is 19.1 Å². The van der Waals surface area contributed by atoms with Crippen molar-refractivity contribution < 1.29 is 4.74 Å². The molecule has 0 spiro atoms. The molecule has 0 amide bonds. The Morgan fingerprint density at radius 1 is 1.58 bits per heavy atom. The van der Waals surface area contributed by atoms with Gasteiger partial charge in [-0.05, 0) is 26.8 Å². The number of hydrogen-bond donors (Lipinski definition) is 1. The molecule has 0 aliphatic carbocycles. The highest BCUT2D eigenvalue weighted by Crippen LogP contribution is 2.17. The third kappa shape index (κ3) is 2.73. The highest BCUT2D eigenvalue weighted by molar-refractivity contribution is 4.76. The van der Waals surface area contributed by atoms with Crippen LogP contribution in [0.2, 0.25) is 0 Å². The molecule has 1 saturated heterocycles. The van der Waals surface area contributed by atoms with Gasteiger partial charge in [0.2, 0.25) is 0 Å². The Bertz CT molecular complexity index is 128. The molecule has 3 heteroatoms. The van der Waals surface area contributed by atoms with E-state index in [0.717, 1.165) is 19.4 Å². The normalized spacial score (nSPS) is 32.2. The Morgan fingerprint density at radius 2 is 2.33 bits per heavy atom. The van der Waals surface area contributed by atoms with E-state index in [1.54, 1.807) is 0 Å². The van der Waals surface area contributed by atoms with Crippen molar-refractivity contribution in [1.82, 2.24) is 4.90 Å². The molecule has 1 aliphatic heterocycles. The molecule has 0 bridgehead atoms. The van der Waals surface area contributed by atoms with Crippen LogP contribution in [0.25, 0.3) is 0 Å². The number of nitrogens with two attached hydrogens (primary N) is 1. The van der Waals surface area contributed by atoms with E-state index in [1.165, 1.54) is 0 Å². The van der Waals surface area contributed by atoms with Crippen molar-refractivity contribution in [3.8, 4) is 0 Å². The first kappa shape index (κ1) is 9.96. The average molecular weight is 172 g/mol. The van der Waals surface area contributed by atoms with Crippen molar-refractivity contribution in [2.45, 2.75) is 31.9 Å². The molecule has 1 heterocycles. The van der Waals surface area contributed by atoms with Gasteiger partial charge in [-0.3, -0.25) is 0 Å². The van der Waals surface area contributed by atoms with Crippen LogP contribution in [0.1, 0.15) is 19.8 Å². The predicted molar refractivity (Wildman–Crippen MR) is 50.1 cm³/mol. The highest BCUT2D eigenvalue weighted by atomic mass is 16.5. The Kier molecular flexibility index (Phi) is 3.98. The summed E-state index contributed by atoms with van der Waals surface area (Å²) in [4.78, 5) is 2.38. The summed E-state index contributed by atoms with van der Waals surface area (Å²) in [6, 6.07) is 0.654. The minimum absolute atomic E-state index is 0.444. The van der Waals surface area contributed by atoms with Crippen LogP contribution in [0, 0.1) is 0 Å². The lowest BCUT2D eigenvalue weighted by Crippen LogP contribution is -2.41. The van der Waals surface area contributed by atoms with Crippen LogP contribution in [0.3, 0.4) is 0 Å². The lowest BCUT2D eigenvalue weighted by atomic mass is 10.0. The van der Waals surface area contributed by atoms with Crippen molar-refractivity contribution in [2.75, 3.05) is 26.7 Å². The summed E-state index contributed by atoms with van der Waals surface area (Å²) in [5.74, 6) is 0. The zero-order valence-electron chi connectivity index (χ0n) is 8.12. The molecule has 2 unspecified atom stereocenters. The summed E-state index contributed by atoms with van der Waals surface area (Å²) in [6.07, 6.45) is 2.75. The first-order valence-electron chi connectivity index (χ1n) is 4.76. The van der Waals surface area contributed by atoms with Crippen molar-refractivity contribution in [1.29, 1.82) is 0 Å². The summed E-state index contributed by atoms with van der Waals surface area (Å²) in [6.45, 7) is 4.75. The van der Waals surface area contributed by atoms with Gasteiger partial charge in [-0.15, -0.1) is 0 Å². The molecule has 0 saturated carbocycles. The second kappa shape index (κ2) is 4.80. The number of rotatable bonds is 3. The molecular weight excluding hydrogens is 152 g/mol. The first-order valence-corrected chi connectivity index (χ1v) is 4.76. The van der Waals surface area contributed by atoms with Gasteiger partial charge >= 0.3 is 0 Å². The molecule has 2 N–H and O–H groups in total. The second-order valence-corrected chi connectivity index (χ2v) is 3.64. The maximum atomic E-state index is 5.60. The van der Waals surface area contributed by atoms with E-state index in [1.807, 2.05) is 0 Å². The van der Waals surface area contributed by atoms with Crippen LogP contribution >= 0.6 is 0 Å². The van der Waals surface area contributed by atoms with Crippen LogP contribution in [0.4, 0.5) is 0 Å². The number of piperidine rings is 1. The highest BCUT2D eigenvalue weighted by Gasteiger charge is 2.22. The Balaban J connectivity index is 2.21. The van der Waals surface area contributed by atoms with Gasteiger partial charge in [0.05, 0.1) is 12.7 Å². The summed E-state index contributed by atoms with van der Waals surface area (Å²) in [7, 11) is 2.17. The second-order valence-electron chi connectivity index (χ2n) is 3.64. The standard InChI is InChI=1S/C9H20N2O/c1-8-7-9(12-6-4-10)3-5-11(8)2/h8-9H,3-7,10H2,1-2H3. The van der Waals surface area contributed by atoms with Gasteiger partial charge in [-0.2, -0.15) is 0 Å². The van der Waals surface area contributed by atoms with Gasteiger partial charge in [0.1, 0.15) is 0 Å². The SMILES string of the molecule is CC1CC(OCCN)CCN1C. The first-order chi connectivity index (χ1) is 5.74. The minimum atomic E-state index is 0.444. The van der Waals surface area contributed by atoms with Crippen molar-refractivity contribution in [2.24, 2.45) is 5.73 Å². The molecule has 0 aromatic carbocycles. The molecule has 1 rings (SSSR count). The third-order valence-electron chi connectivity index (χ3n) is 2.63. The smallest absolute Gasteiger partial charge is 0.0602 e. The molecule has 0 radical (unpaired) electrons. The van der Waals surface area contributed by atoms with E-state index in [4.69, 9.17) is 10.5 Å². The van der Waals surface area contributed by atoms with E-state index < -0.39 is 0 Å². The van der Waals surface area contributed by atoms with Gasteiger partial charge < -0.3 is 15.4 Å². The number of likely N-dealkylation sites (tertiary alicyclic amines) is 1. The molecule has 72 valence electrons. The predicted octanol–water partition coefficient (Wildman–Crippen LogP) is 0.444. The molecule has 1 aliphatic rings. The van der Waals surface area contributed by atoms with Crippen molar-refractivity contribution in [3.05, 3.63) is 0 Å². The fourth-order valence-corrected chi connectivity index (χ4v) is 1.63. The van der Waals surface area contributed by atoms with Gasteiger partial charge in [0.25, 0.3) is 0 Å². The zero-order chi connectivity index (χ0) is 8.97. The van der Waals surface area contributed by atoms with Crippen LogP contribution < -0.4 is 5.73 Å². The maximum Gasteiger partial charge on any atom is 0.0602 e. The monoisotopic (exact) mass is 172 g/mol. The van der Waals surface area contributed by atoms with E-state index in [9.17, 15) is 0 Å². The summed E-state index contributed by atoms with van der Waals surface area (Å²) in [5.41, 5.74) is 5.37. The van der Waals surface area contributed by atoms with Gasteiger partial charge in [0.15, 0.2) is 0 Å². The van der Waals surface area contributed by atoms with Crippen LogP contribution in [-0.4, -0.2) is 43.8 Å². The van der Waals surface area contributed by atoms with E-state index >= 15 is 0 Å². The lowest BCUT2D eigenvalue weighted by molar-refractivity contribution is -0.00124. The van der Waals surface area contributed by atoms with Gasteiger partial charge in [-0.25, -0.2) is 0 Å². The lowest BCUT2D eigenvalue weighted by Gasteiger charge is -2.34. The van der Waals surface area contributed by atoms with Gasteiger partial charge in [-0.1, -0.05) is 0 Å². The molecule has 3 nitrogen and oxygen atoms in total. The van der Waals surface area contributed by atoms with Crippen LogP contribution in [0.15, 0.2) is 0 Å². The minimum Gasteiger partial charge on any atom is -0.377 e. The fourth-order valence-electron chi connectivity index (χ4n) is 1.63. The van der Waals surface area contributed by atoms with E-state index in [0.29, 0.717) is 25.3 Å². The molecule has 0 aromatic rings. The number of hydrogen-bond acceptors (Lipinski definition) is 3. The van der Waals surface area contributed by atoms with Crippen LogP contribution in [-0.2, 0) is 4.74 Å². The third-order valence-corrected chi connectivity index (χ3v) is 2.63. The maximum absolute atomic E-state index is 5.60. The number of ether oxygens (including phenoxy) is 1. The topological polar surface area (TPSA) is 38.5 Å². The largest absolute Gasteiger partial charge is 0.377 e. The van der Waals surface area contributed by atoms with E-state index in [2.05, 4.69) is 18.9 Å². The molecule has 12 heavy (non-hydrogen) atoms. The Labute approximate surface area is 74.9 Å². The molecule has 2 atom stereocenters. The number of nitrogens with zero attached hydrogens (tertiary/aromatic N) is 1. The molecule has 1 fully saturated rings. The zero-order valence-corrected chi connectivity index (χ0v) is 8.12. The summed E-state index contributed by atoms with van der Waals surface area (Å²) < 4.78 is 5.60. The summed E-state index contributed by atoms with van der Waals surface area (Å²) in [5, 5.41) is 0. The van der Waals surface area contributed by atoms with Crippen LogP contribution in [0.5, 0.6) is 0 Å². The Hall–Kier alpha value is -0.120. The molecule has 0 aromatic heterocycles. The summed E-state index contributed by atoms with van der Waals surface area (Å²) >= 11 is 0. The Morgan fingerprint density at radius 3 is 2.92 bits per heavy atom. The van der Waals surface area contributed by atoms with E-state index in [-0.39, 0.29) is 0 Å².